The third-order valence-electron chi connectivity index (χ3n) is 5.06. The number of amides is 1. The van der Waals surface area contributed by atoms with E-state index in [9.17, 15) is 9.90 Å². The Balaban J connectivity index is 1.47. The van der Waals surface area contributed by atoms with Gasteiger partial charge < -0.3 is 10.0 Å². The first-order chi connectivity index (χ1) is 11.7. The van der Waals surface area contributed by atoms with Crippen molar-refractivity contribution >= 4 is 5.91 Å². The number of β-amino-alcohol motifs (C(OH)–C–C–N with tert-alkyl or cyclic N) is 1. The fourth-order valence-corrected chi connectivity index (χ4v) is 3.75. The average Bonchev–Trinajstić information content (AvgIpc) is 3.03. The molecular formula is C19H21N3O2. The first-order valence-electron chi connectivity index (χ1n) is 8.41. The zero-order valence-corrected chi connectivity index (χ0v) is 13.5. The summed E-state index contributed by atoms with van der Waals surface area (Å²) in [6.07, 6.45) is 2.11. The number of nitrogens with zero attached hydrogens (tertiary/aromatic N) is 3. The molecule has 24 heavy (non-hydrogen) atoms. The smallest absolute Gasteiger partial charge is 0.272 e. The van der Waals surface area contributed by atoms with Crippen LogP contribution in [0.3, 0.4) is 0 Å². The molecule has 1 N–H and O–H groups in total. The summed E-state index contributed by atoms with van der Waals surface area (Å²) in [5.74, 6) is -0.102. The fourth-order valence-electron chi connectivity index (χ4n) is 3.75. The van der Waals surface area contributed by atoms with Gasteiger partial charge in [0.15, 0.2) is 0 Å². The number of carbonyl (C=O) groups excluding carboxylic acids is 1. The lowest BCUT2D eigenvalue weighted by Crippen LogP contribution is -2.45. The lowest BCUT2D eigenvalue weighted by molar-refractivity contribution is 0.0733. The van der Waals surface area contributed by atoms with Crippen LogP contribution >= 0.6 is 0 Å². The first-order valence-corrected chi connectivity index (χ1v) is 8.41. The second-order valence-electron chi connectivity index (χ2n) is 6.55. The maximum absolute atomic E-state index is 12.6. The largest absolute Gasteiger partial charge is 0.390 e. The molecule has 0 aliphatic carbocycles. The molecule has 5 nitrogen and oxygen atoms in total. The molecule has 1 fully saturated rings. The van der Waals surface area contributed by atoms with Crippen molar-refractivity contribution in [3.63, 3.8) is 0 Å². The van der Waals surface area contributed by atoms with Gasteiger partial charge in [0.05, 0.1) is 12.1 Å². The molecule has 1 aromatic heterocycles. The van der Waals surface area contributed by atoms with Gasteiger partial charge in [0, 0.05) is 32.4 Å². The number of rotatable bonds is 2. The lowest BCUT2D eigenvalue weighted by atomic mass is 9.98. The Morgan fingerprint density at radius 1 is 1.08 bits per heavy atom. The molecule has 1 aromatic carbocycles. The summed E-state index contributed by atoms with van der Waals surface area (Å²) >= 11 is 0. The van der Waals surface area contributed by atoms with E-state index in [1.54, 1.807) is 23.2 Å². The van der Waals surface area contributed by atoms with E-state index in [0.717, 1.165) is 19.5 Å². The summed E-state index contributed by atoms with van der Waals surface area (Å²) in [5.41, 5.74) is 3.16. The fraction of sp³-hybridized carbons (Fsp3) is 0.368. The zero-order chi connectivity index (χ0) is 16.5. The van der Waals surface area contributed by atoms with Crippen LogP contribution in [-0.4, -0.2) is 57.6 Å². The molecule has 2 aromatic rings. The number of hydrogen-bond donors (Lipinski definition) is 1. The molecule has 4 rings (SSSR count). The van der Waals surface area contributed by atoms with E-state index >= 15 is 0 Å². The Bertz CT molecular complexity index is 734. The molecule has 0 unspecified atom stereocenters. The van der Waals surface area contributed by atoms with Crippen LogP contribution in [0.1, 0.15) is 21.6 Å². The van der Waals surface area contributed by atoms with Crippen LogP contribution in [0.5, 0.6) is 0 Å². The number of aliphatic hydroxyl groups is 1. The van der Waals surface area contributed by atoms with Gasteiger partial charge in [-0.1, -0.05) is 30.3 Å². The Hall–Kier alpha value is -2.24. The van der Waals surface area contributed by atoms with Crippen molar-refractivity contribution in [2.24, 2.45) is 0 Å². The number of fused-ring (bicyclic) bond motifs is 1. The van der Waals surface area contributed by atoms with Gasteiger partial charge in [0.1, 0.15) is 5.69 Å². The van der Waals surface area contributed by atoms with Crippen molar-refractivity contribution in [1.29, 1.82) is 0 Å². The standard InChI is InChI=1S/C19H21N3O2/c23-18-13-22(19(24)16-7-3-4-9-20-16)12-17(18)21-10-8-14-5-1-2-6-15(14)11-21/h1-7,9,17-18,23H,8,10-13H2/t17-,18-/m1/s1. The van der Waals surface area contributed by atoms with Crippen LogP contribution in [0.15, 0.2) is 48.7 Å². The quantitative estimate of drug-likeness (QED) is 0.906. The van der Waals surface area contributed by atoms with Crippen molar-refractivity contribution < 1.29 is 9.90 Å². The molecule has 0 saturated carbocycles. The summed E-state index contributed by atoms with van der Waals surface area (Å²) in [6.45, 7) is 2.69. The number of benzene rings is 1. The Morgan fingerprint density at radius 2 is 1.88 bits per heavy atom. The van der Waals surface area contributed by atoms with Gasteiger partial charge in [-0.15, -0.1) is 0 Å². The van der Waals surface area contributed by atoms with Gasteiger partial charge >= 0.3 is 0 Å². The van der Waals surface area contributed by atoms with E-state index in [4.69, 9.17) is 0 Å². The van der Waals surface area contributed by atoms with Crippen molar-refractivity contribution in [2.45, 2.75) is 25.1 Å². The second-order valence-corrected chi connectivity index (χ2v) is 6.55. The minimum atomic E-state index is -0.511. The normalized spacial score (nSPS) is 24.0. The molecule has 3 heterocycles. The molecule has 0 spiro atoms. The summed E-state index contributed by atoms with van der Waals surface area (Å²) < 4.78 is 0. The van der Waals surface area contributed by atoms with E-state index in [1.807, 2.05) is 6.07 Å². The van der Waals surface area contributed by atoms with Gasteiger partial charge in [-0.2, -0.15) is 0 Å². The van der Waals surface area contributed by atoms with Gasteiger partial charge in [-0.3, -0.25) is 14.7 Å². The van der Waals surface area contributed by atoms with Crippen LogP contribution in [0.4, 0.5) is 0 Å². The molecule has 124 valence electrons. The highest BCUT2D eigenvalue weighted by Gasteiger charge is 2.39. The van der Waals surface area contributed by atoms with Crippen molar-refractivity contribution in [1.82, 2.24) is 14.8 Å². The van der Waals surface area contributed by atoms with Crippen LogP contribution in [-0.2, 0) is 13.0 Å². The van der Waals surface area contributed by atoms with Crippen LogP contribution in [0.2, 0.25) is 0 Å². The number of carbonyl (C=O) groups is 1. The average molecular weight is 323 g/mol. The van der Waals surface area contributed by atoms with E-state index in [0.29, 0.717) is 18.8 Å². The summed E-state index contributed by atoms with van der Waals surface area (Å²) in [7, 11) is 0. The topological polar surface area (TPSA) is 56.7 Å². The highest BCUT2D eigenvalue weighted by atomic mass is 16.3. The molecule has 2 atom stereocenters. The van der Waals surface area contributed by atoms with E-state index < -0.39 is 6.10 Å². The zero-order valence-electron chi connectivity index (χ0n) is 13.5. The number of hydrogen-bond acceptors (Lipinski definition) is 4. The van der Waals surface area contributed by atoms with E-state index in [-0.39, 0.29) is 11.9 Å². The minimum Gasteiger partial charge on any atom is -0.390 e. The van der Waals surface area contributed by atoms with Crippen molar-refractivity contribution in [3.8, 4) is 0 Å². The summed E-state index contributed by atoms with van der Waals surface area (Å²) in [6, 6.07) is 13.8. The molecule has 2 aliphatic heterocycles. The number of likely N-dealkylation sites (tertiary alicyclic amines) is 1. The molecule has 2 aliphatic rings. The maximum Gasteiger partial charge on any atom is 0.272 e. The molecule has 0 bridgehead atoms. The molecular weight excluding hydrogens is 302 g/mol. The number of aromatic nitrogens is 1. The van der Waals surface area contributed by atoms with Crippen molar-refractivity contribution in [3.05, 3.63) is 65.5 Å². The monoisotopic (exact) mass is 323 g/mol. The Morgan fingerprint density at radius 3 is 2.67 bits per heavy atom. The molecule has 1 saturated heterocycles. The van der Waals surface area contributed by atoms with Gasteiger partial charge in [0.25, 0.3) is 5.91 Å². The van der Waals surface area contributed by atoms with Gasteiger partial charge in [0.2, 0.25) is 0 Å². The number of pyridine rings is 1. The highest BCUT2D eigenvalue weighted by molar-refractivity contribution is 5.92. The summed E-state index contributed by atoms with van der Waals surface area (Å²) in [4.78, 5) is 20.7. The second kappa shape index (κ2) is 6.34. The SMILES string of the molecule is O=C(c1ccccn1)N1C[C@@H](O)[C@H](N2CCc3ccccc3C2)C1. The highest BCUT2D eigenvalue weighted by Crippen LogP contribution is 2.25. The van der Waals surface area contributed by atoms with E-state index in [1.165, 1.54) is 11.1 Å². The van der Waals surface area contributed by atoms with Crippen LogP contribution < -0.4 is 0 Å². The molecule has 0 radical (unpaired) electrons. The maximum atomic E-state index is 12.6. The lowest BCUT2D eigenvalue weighted by Gasteiger charge is -2.34. The first kappa shape index (κ1) is 15.3. The molecule has 1 amide bonds. The number of aliphatic hydroxyl groups excluding tert-OH is 1. The van der Waals surface area contributed by atoms with Gasteiger partial charge in [-0.05, 0) is 29.7 Å². The molecule has 5 heteroatoms. The van der Waals surface area contributed by atoms with Gasteiger partial charge in [-0.25, -0.2) is 0 Å². The third-order valence-corrected chi connectivity index (χ3v) is 5.06. The predicted molar refractivity (Wildman–Crippen MR) is 90.5 cm³/mol. The Labute approximate surface area is 141 Å². The third kappa shape index (κ3) is 2.81. The van der Waals surface area contributed by atoms with Crippen LogP contribution in [0.25, 0.3) is 0 Å². The van der Waals surface area contributed by atoms with Crippen molar-refractivity contribution in [2.75, 3.05) is 19.6 Å². The Kier molecular flexibility index (Phi) is 4.04. The van der Waals surface area contributed by atoms with E-state index in [2.05, 4.69) is 34.1 Å². The predicted octanol–water partition coefficient (Wildman–Crippen LogP) is 1.33. The minimum absolute atomic E-state index is 0.00832. The summed E-state index contributed by atoms with van der Waals surface area (Å²) in [5, 5.41) is 10.5. The van der Waals surface area contributed by atoms with Crippen LogP contribution in [0, 0.1) is 0 Å².